The Morgan fingerprint density at radius 2 is 1.22 bits per heavy atom. The molecule has 0 aliphatic heterocycles. The van der Waals surface area contributed by atoms with Crippen molar-refractivity contribution in [3.05, 3.63) is 114 Å². The number of rotatable bonds is 5. The highest BCUT2D eigenvalue weighted by Crippen LogP contribution is 2.27. The van der Waals surface area contributed by atoms with Gasteiger partial charge in [-0.25, -0.2) is 13.2 Å². The SMILES string of the molecule is C=C(C)C(O)c1cc(Br)ccc1F.CC(C)C(O)c1cc(Br)ccc1F.O=Cc1cc(Br)ccc1F. The molecule has 0 aromatic heterocycles. The van der Waals surface area contributed by atoms with Crippen LogP contribution in [0.1, 0.15) is 54.5 Å². The van der Waals surface area contributed by atoms with Crippen LogP contribution >= 0.6 is 47.8 Å². The summed E-state index contributed by atoms with van der Waals surface area (Å²) in [5.74, 6) is -1.25. The number of aliphatic hydroxyl groups excluding tert-OH is 2. The Morgan fingerprint density at radius 1 is 0.806 bits per heavy atom. The van der Waals surface area contributed by atoms with Crippen LogP contribution in [0.25, 0.3) is 0 Å². The minimum absolute atomic E-state index is 0.0174. The molecule has 0 saturated heterocycles. The summed E-state index contributed by atoms with van der Waals surface area (Å²) in [5, 5.41) is 19.2. The summed E-state index contributed by atoms with van der Waals surface area (Å²) >= 11 is 9.55. The van der Waals surface area contributed by atoms with Gasteiger partial charge in [-0.2, -0.15) is 0 Å². The lowest BCUT2D eigenvalue weighted by molar-refractivity contribution is 0.111. The van der Waals surface area contributed by atoms with E-state index in [-0.39, 0.29) is 22.9 Å². The van der Waals surface area contributed by atoms with Gasteiger partial charge in [0.1, 0.15) is 23.6 Å². The normalized spacial score (nSPS) is 12.0. The highest BCUT2D eigenvalue weighted by molar-refractivity contribution is 9.11. The maximum atomic E-state index is 13.2. The van der Waals surface area contributed by atoms with Crippen LogP contribution in [-0.2, 0) is 0 Å². The van der Waals surface area contributed by atoms with Gasteiger partial charge in [0.05, 0.1) is 11.7 Å². The maximum Gasteiger partial charge on any atom is 0.153 e. The number of aliphatic hydroxyl groups is 2. The Balaban J connectivity index is 0.000000273. The van der Waals surface area contributed by atoms with E-state index in [1.807, 2.05) is 13.8 Å². The lowest BCUT2D eigenvalue weighted by atomic mass is 9.99. The fraction of sp³-hybridized carbons (Fsp3) is 0.222. The van der Waals surface area contributed by atoms with Crippen molar-refractivity contribution in [3.63, 3.8) is 0 Å². The van der Waals surface area contributed by atoms with Crippen molar-refractivity contribution in [2.75, 3.05) is 0 Å². The molecule has 3 aromatic rings. The van der Waals surface area contributed by atoms with Gasteiger partial charge < -0.3 is 10.2 Å². The predicted molar refractivity (Wildman–Crippen MR) is 147 cm³/mol. The summed E-state index contributed by atoms with van der Waals surface area (Å²) in [7, 11) is 0. The first-order valence-electron chi connectivity index (χ1n) is 10.6. The lowest BCUT2D eigenvalue weighted by Gasteiger charge is -2.15. The van der Waals surface area contributed by atoms with Gasteiger partial charge in [-0.3, -0.25) is 4.79 Å². The van der Waals surface area contributed by atoms with E-state index < -0.39 is 23.8 Å². The topological polar surface area (TPSA) is 57.5 Å². The van der Waals surface area contributed by atoms with Gasteiger partial charge in [0.2, 0.25) is 0 Å². The summed E-state index contributed by atoms with van der Waals surface area (Å²) in [4.78, 5) is 10.1. The van der Waals surface area contributed by atoms with Gasteiger partial charge in [-0.1, -0.05) is 68.2 Å². The van der Waals surface area contributed by atoms with Gasteiger partial charge in [0.25, 0.3) is 0 Å². The average molecular weight is 695 g/mol. The van der Waals surface area contributed by atoms with Gasteiger partial charge >= 0.3 is 0 Å². The van der Waals surface area contributed by atoms with E-state index in [2.05, 4.69) is 54.4 Å². The zero-order chi connectivity index (χ0) is 27.6. The smallest absolute Gasteiger partial charge is 0.153 e. The summed E-state index contributed by atoms with van der Waals surface area (Å²) in [5.41, 5.74) is 1.21. The number of carbonyl (C=O) groups is 1. The minimum atomic E-state index is -0.933. The largest absolute Gasteiger partial charge is 0.388 e. The van der Waals surface area contributed by atoms with Crippen molar-refractivity contribution in [2.24, 2.45) is 5.92 Å². The van der Waals surface area contributed by atoms with Crippen LogP contribution in [0.4, 0.5) is 13.2 Å². The monoisotopic (exact) mass is 692 g/mol. The Morgan fingerprint density at radius 3 is 1.64 bits per heavy atom. The zero-order valence-corrected chi connectivity index (χ0v) is 24.5. The summed E-state index contributed by atoms with van der Waals surface area (Å²) in [6.07, 6.45) is -1.19. The van der Waals surface area contributed by atoms with Crippen LogP contribution in [0, 0.1) is 23.4 Å². The van der Waals surface area contributed by atoms with E-state index >= 15 is 0 Å². The second kappa shape index (κ2) is 15.5. The molecule has 3 rings (SSSR count). The third-order valence-electron chi connectivity index (χ3n) is 4.71. The highest BCUT2D eigenvalue weighted by atomic mass is 79.9. The minimum Gasteiger partial charge on any atom is -0.388 e. The number of hydrogen-bond donors (Lipinski definition) is 2. The molecular formula is C27H26Br3F3O3. The number of benzene rings is 3. The van der Waals surface area contributed by atoms with E-state index in [1.54, 1.807) is 37.3 Å². The maximum absolute atomic E-state index is 13.2. The van der Waals surface area contributed by atoms with Gasteiger partial charge in [-0.05, 0) is 73.0 Å². The molecule has 0 amide bonds. The van der Waals surface area contributed by atoms with Crippen molar-refractivity contribution in [2.45, 2.75) is 33.0 Å². The van der Waals surface area contributed by atoms with Crippen LogP contribution in [-0.4, -0.2) is 16.5 Å². The van der Waals surface area contributed by atoms with Crippen molar-refractivity contribution < 1.29 is 28.2 Å². The standard InChI is InChI=1S/C10H12BrFO.C10H10BrFO.C7H4BrFO/c2*1-6(2)10(13)8-5-7(11)3-4-9(8)12;8-6-1-2-7(9)5(3-6)4-10/h3-6,10,13H,1-2H3;3-5,10,13H,1H2,2H3;1-4H. The highest BCUT2D eigenvalue weighted by Gasteiger charge is 2.16. The van der Waals surface area contributed by atoms with Gasteiger partial charge in [-0.15, -0.1) is 0 Å². The first kappa shape index (κ1) is 32.2. The molecule has 194 valence electrons. The van der Waals surface area contributed by atoms with Crippen molar-refractivity contribution >= 4 is 54.1 Å². The number of carbonyl (C=O) groups excluding carboxylic acids is 1. The first-order chi connectivity index (χ1) is 16.8. The molecule has 9 heteroatoms. The summed E-state index contributed by atoms with van der Waals surface area (Å²) in [6.45, 7) is 8.93. The van der Waals surface area contributed by atoms with Crippen molar-refractivity contribution in [1.29, 1.82) is 0 Å². The first-order valence-corrected chi connectivity index (χ1v) is 13.0. The van der Waals surface area contributed by atoms with Crippen LogP contribution in [0.3, 0.4) is 0 Å². The third kappa shape index (κ3) is 10.3. The molecule has 0 aliphatic carbocycles. The molecule has 0 bridgehead atoms. The second-order valence-corrected chi connectivity index (χ2v) is 10.8. The molecule has 3 aromatic carbocycles. The summed E-state index contributed by atoms with van der Waals surface area (Å²) < 4.78 is 41.1. The van der Waals surface area contributed by atoms with Gasteiger partial charge in [0.15, 0.2) is 6.29 Å². The number of aldehydes is 1. The number of hydrogen-bond acceptors (Lipinski definition) is 3. The zero-order valence-electron chi connectivity index (χ0n) is 19.8. The molecular weight excluding hydrogens is 669 g/mol. The molecule has 2 atom stereocenters. The average Bonchev–Trinajstić information content (AvgIpc) is 2.83. The Hall–Kier alpha value is -1.78. The molecule has 0 radical (unpaired) electrons. The number of halogens is 6. The molecule has 0 heterocycles. The van der Waals surface area contributed by atoms with Gasteiger partial charge in [0, 0.05) is 24.5 Å². The van der Waals surface area contributed by atoms with Crippen molar-refractivity contribution in [1.82, 2.24) is 0 Å². The van der Waals surface area contributed by atoms with E-state index in [1.165, 1.54) is 24.3 Å². The quantitative estimate of drug-likeness (QED) is 0.207. The molecule has 3 nitrogen and oxygen atoms in total. The third-order valence-corrected chi connectivity index (χ3v) is 6.19. The van der Waals surface area contributed by atoms with Crippen LogP contribution in [0.2, 0.25) is 0 Å². The molecule has 0 spiro atoms. The van der Waals surface area contributed by atoms with E-state index in [0.717, 1.165) is 8.95 Å². The van der Waals surface area contributed by atoms with E-state index in [9.17, 15) is 28.2 Å². The lowest BCUT2D eigenvalue weighted by Crippen LogP contribution is -2.07. The fourth-order valence-corrected chi connectivity index (χ4v) is 3.83. The van der Waals surface area contributed by atoms with Crippen LogP contribution in [0.5, 0.6) is 0 Å². The fourth-order valence-electron chi connectivity index (χ4n) is 2.69. The Labute approximate surface area is 234 Å². The Bertz CT molecular complexity index is 1190. The predicted octanol–water partition coefficient (Wildman–Crippen LogP) is 8.88. The molecule has 36 heavy (non-hydrogen) atoms. The molecule has 2 N–H and O–H groups in total. The Kier molecular flexibility index (Phi) is 13.9. The molecule has 2 unspecified atom stereocenters. The van der Waals surface area contributed by atoms with Crippen molar-refractivity contribution in [3.8, 4) is 0 Å². The van der Waals surface area contributed by atoms with E-state index in [0.29, 0.717) is 21.9 Å². The molecule has 0 fully saturated rings. The molecule has 0 saturated carbocycles. The van der Waals surface area contributed by atoms with Crippen LogP contribution < -0.4 is 0 Å². The summed E-state index contributed by atoms with van der Waals surface area (Å²) in [6, 6.07) is 13.2. The van der Waals surface area contributed by atoms with Crippen LogP contribution in [0.15, 0.2) is 80.2 Å². The second-order valence-electron chi connectivity index (χ2n) is 8.05. The van der Waals surface area contributed by atoms with E-state index in [4.69, 9.17) is 0 Å². The molecule has 0 aliphatic rings.